The van der Waals surface area contributed by atoms with Crippen molar-refractivity contribution in [3.05, 3.63) is 65.7 Å². The molecule has 0 radical (unpaired) electrons. The normalized spacial score (nSPS) is 21.4. The predicted octanol–water partition coefficient (Wildman–Crippen LogP) is 3.68. The first kappa shape index (κ1) is 25.0. The number of para-hydroxylation sites is 1. The topological polar surface area (TPSA) is 64.7 Å². The lowest BCUT2D eigenvalue weighted by molar-refractivity contribution is -0.137. The van der Waals surface area contributed by atoms with Gasteiger partial charge < -0.3 is 15.5 Å². The van der Waals surface area contributed by atoms with E-state index in [0.717, 1.165) is 64.0 Å². The Morgan fingerprint density at radius 3 is 2.51 bits per heavy atom. The fourth-order valence-electron chi connectivity index (χ4n) is 4.96. The Morgan fingerprint density at radius 1 is 0.943 bits per heavy atom. The van der Waals surface area contributed by atoms with E-state index >= 15 is 0 Å². The van der Waals surface area contributed by atoms with E-state index in [1.54, 1.807) is 0 Å². The van der Waals surface area contributed by atoms with Crippen LogP contribution in [0.15, 0.2) is 54.6 Å². The number of carbonyl (C=O) groups is 2. The maximum atomic E-state index is 12.9. The fourth-order valence-corrected chi connectivity index (χ4v) is 4.96. The molecule has 2 fully saturated rings. The van der Waals surface area contributed by atoms with Crippen LogP contribution < -0.4 is 15.5 Å². The molecule has 188 valence electrons. The third-order valence-electron chi connectivity index (χ3n) is 6.78. The summed E-state index contributed by atoms with van der Waals surface area (Å²) in [4.78, 5) is 29.5. The summed E-state index contributed by atoms with van der Waals surface area (Å²) in [5.74, 6) is -1.05. The van der Waals surface area contributed by atoms with Crippen LogP contribution in [0, 0.1) is 0 Å². The van der Waals surface area contributed by atoms with Gasteiger partial charge in [-0.05, 0) is 56.0 Å². The van der Waals surface area contributed by atoms with E-state index in [2.05, 4.69) is 44.7 Å². The molecule has 2 aliphatic rings. The number of anilines is 1. The van der Waals surface area contributed by atoms with Crippen molar-refractivity contribution >= 4 is 17.5 Å². The molecule has 2 aromatic rings. The first-order valence-corrected chi connectivity index (χ1v) is 12.1. The molecule has 2 heterocycles. The van der Waals surface area contributed by atoms with Crippen LogP contribution in [0.25, 0.3) is 0 Å². The Bertz CT molecular complexity index is 1020. The minimum atomic E-state index is -4.53. The first-order chi connectivity index (χ1) is 16.8. The molecular weight excluding hydrogens is 457 g/mol. The first-order valence-electron chi connectivity index (χ1n) is 12.1. The average molecular weight is 489 g/mol. The van der Waals surface area contributed by atoms with Gasteiger partial charge in [0.2, 0.25) is 5.91 Å². The molecule has 1 unspecified atom stereocenters. The molecule has 2 atom stereocenters. The molecule has 0 aliphatic carbocycles. The van der Waals surface area contributed by atoms with Gasteiger partial charge in [-0.1, -0.05) is 24.3 Å². The van der Waals surface area contributed by atoms with E-state index in [-0.39, 0.29) is 24.1 Å². The number of amides is 2. The SMILES string of the molecule is O=C(CNC(=O)c1cccc(C(F)(F)F)c1)N[C@@H]1CCN(C2CCCN(c3ccccc3)CC2)C1. The molecule has 9 heteroatoms. The van der Waals surface area contributed by atoms with Crippen LogP contribution in [0.5, 0.6) is 0 Å². The number of hydrogen-bond donors (Lipinski definition) is 2. The van der Waals surface area contributed by atoms with E-state index in [0.29, 0.717) is 6.04 Å². The van der Waals surface area contributed by atoms with Crippen molar-refractivity contribution in [2.75, 3.05) is 37.6 Å². The third kappa shape index (κ3) is 6.75. The second-order valence-corrected chi connectivity index (χ2v) is 9.22. The van der Waals surface area contributed by atoms with Crippen molar-refractivity contribution in [2.45, 2.75) is 43.9 Å². The highest BCUT2D eigenvalue weighted by atomic mass is 19.4. The highest BCUT2D eigenvalue weighted by molar-refractivity contribution is 5.96. The molecule has 0 bridgehead atoms. The van der Waals surface area contributed by atoms with E-state index in [4.69, 9.17) is 0 Å². The number of likely N-dealkylation sites (tertiary alicyclic amines) is 1. The van der Waals surface area contributed by atoms with Crippen molar-refractivity contribution in [1.29, 1.82) is 0 Å². The van der Waals surface area contributed by atoms with Crippen LogP contribution >= 0.6 is 0 Å². The number of alkyl halides is 3. The van der Waals surface area contributed by atoms with Gasteiger partial charge in [-0.15, -0.1) is 0 Å². The summed E-state index contributed by atoms with van der Waals surface area (Å²) in [6.07, 6.45) is -0.375. The largest absolute Gasteiger partial charge is 0.416 e. The second-order valence-electron chi connectivity index (χ2n) is 9.22. The van der Waals surface area contributed by atoms with Gasteiger partial charge in [0, 0.05) is 49.5 Å². The molecule has 2 aliphatic heterocycles. The fraction of sp³-hybridized carbons (Fsp3) is 0.462. The monoisotopic (exact) mass is 488 g/mol. The van der Waals surface area contributed by atoms with E-state index in [1.807, 2.05) is 6.07 Å². The van der Waals surface area contributed by atoms with Gasteiger partial charge in [0.15, 0.2) is 0 Å². The van der Waals surface area contributed by atoms with E-state index in [9.17, 15) is 22.8 Å². The summed E-state index contributed by atoms with van der Waals surface area (Å²) in [6.45, 7) is 3.45. The molecule has 2 aromatic carbocycles. The van der Waals surface area contributed by atoms with Crippen LogP contribution in [-0.2, 0) is 11.0 Å². The van der Waals surface area contributed by atoms with Crippen LogP contribution in [0.2, 0.25) is 0 Å². The quantitative estimate of drug-likeness (QED) is 0.651. The maximum absolute atomic E-state index is 12.9. The highest BCUT2D eigenvalue weighted by Crippen LogP contribution is 2.29. The number of nitrogens with one attached hydrogen (secondary N) is 2. The highest BCUT2D eigenvalue weighted by Gasteiger charge is 2.32. The lowest BCUT2D eigenvalue weighted by Gasteiger charge is -2.27. The average Bonchev–Trinajstić information content (AvgIpc) is 3.17. The number of rotatable bonds is 6. The molecule has 0 spiro atoms. The zero-order valence-corrected chi connectivity index (χ0v) is 19.6. The molecule has 2 saturated heterocycles. The molecule has 4 rings (SSSR count). The summed E-state index contributed by atoms with van der Waals surface area (Å²) >= 11 is 0. The van der Waals surface area contributed by atoms with Crippen molar-refractivity contribution < 1.29 is 22.8 Å². The van der Waals surface area contributed by atoms with Gasteiger partial charge in [-0.2, -0.15) is 13.2 Å². The molecule has 2 amide bonds. The number of nitrogens with zero attached hydrogens (tertiary/aromatic N) is 2. The minimum Gasteiger partial charge on any atom is -0.371 e. The van der Waals surface area contributed by atoms with Crippen LogP contribution in [0.1, 0.15) is 41.6 Å². The van der Waals surface area contributed by atoms with E-state index < -0.39 is 17.6 Å². The second kappa shape index (κ2) is 11.1. The zero-order valence-electron chi connectivity index (χ0n) is 19.6. The molecule has 0 aromatic heterocycles. The zero-order chi connectivity index (χ0) is 24.8. The van der Waals surface area contributed by atoms with Gasteiger partial charge in [0.05, 0.1) is 12.1 Å². The Kier molecular flexibility index (Phi) is 7.95. The number of benzene rings is 2. The summed E-state index contributed by atoms with van der Waals surface area (Å²) in [5.41, 5.74) is 0.232. The van der Waals surface area contributed by atoms with Gasteiger partial charge >= 0.3 is 6.18 Å². The van der Waals surface area contributed by atoms with Crippen LogP contribution in [0.3, 0.4) is 0 Å². The Hall–Kier alpha value is -3.07. The third-order valence-corrected chi connectivity index (χ3v) is 6.78. The van der Waals surface area contributed by atoms with Gasteiger partial charge in [-0.25, -0.2) is 0 Å². The summed E-state index contributed by atoms with van der Waals surface area (Å²) in [6, 6.07) is 15.1. The lowest BCUT2D eigenvalue weighted by Crippen LogP contribution is -2.44. The van der Waals surface area contributed by atoms with Gasteiger partial charge in [-0.3, -0.25) is 14.5 Å². The summed E-state index contributed by atoms with van der Waals surface area (Å²) < 4.78 is 38.6. The van der Waals surface area contributed by atoms with Crippen molar-refractivity contribution in [3.8, 4) is 0 Å². The number of carbonyl (C=O) groups excluding carboxylic acids is 2. The molecule has 2 N–H and O–H groups in total. The number of hydrogen-bond acceptors (Lipinski definition) is 4. The van der Waals surface area contributed by atoms with Crippen molar-refractivity contribution in [2.24, 2.45) is 0 Å². The molecule has 0 saturated carbocycles. The molecule has 35 heavy (non-hydrogen) atoms. The van der Waals surface area contributed by atoms with Crippen molar-refractivity contribution in [3.63, 3.8) is 0 Å². The molecular formula is C26H31F3N4O2. The van der Waals surface area contributed by atoms with Gasteiger partial charge in [0.25, 0.3) is 5.91 Å². The Morgan fingerprint density at radius 2 is 1.74 bits per heavy atom. The standard InChI is InChI=1S/C26H31F3N4O2/c27-26(28,29)20-7-4-6-19(16-20)25(35)30-17-24(34)31-21-11-14-33(18-21)23-10-5-13-32(15-12-23)22-8-2-1-3-9-22/h1-4,6-9,16,21,23H,5,10-15,17-18H2,(H,30,35)(H,31,34)/t21-,23?/m1/s1. The van der Waals surface area contributed by atoms with Crippen molar-refractivity contribution in [1.82, 2.24) is 15.5 Å². The van der Waals surface area contributed by atoms with Gasteiger partial charge in [0.1, 0.15) is 0 Å². The minimum absolute atomic E-state index is 0.00133. The predicted molar refractivity (Wildman–Crippen MR) is 128 cm³/mol. The Labute approximate surface area is 203 Å². The number of halogens is 3. The summed E-state index contributed by atoms with van der Waals surface area (Å²) in [7, 11) is 0. The lowest BCUT2D eigenvalue weighted by atomic mass is 10.1. The van der Waals surface area contributed by atoms with E-state index in [1.165, 1.54) is 17.8 Å². The summed E-state index contributed by atoms with van der Waals surface area (Å²) in [5, 5.41) is 5.37. The Balaban J connectivity index is 1.21. The smallest absolute Gasteiger partial charge is 0.371 e. The van der Waals surface area contributed by atoms with Crippen LogP contribution in [0.4, 0.5) is 18.9 Å². The molecule has 6 nitrogen and oxygen atoms in total. The maximum Gasteiger partial charge on any atom is 0.416 e. The van der Waals surface area contributed by atoms with Crippen LogP contribution in [-0.4, -0.2) is 61.5 Å².